The van der Waals surface area contributed by atoms with Crippen molar-refractivity contribution < 1.29 is 29.0 Å². The lowest BCUT2D eigenvalue weighted by molar-refractivity contribution is -0.137. The van der Waals surface area contributed by atoms with Gasteiger partial charge in [-0.2, -0.15) is 0 Å². The average molecular weight is 580 g/mol. The highest BCUT2D eigenvalue weighted by Crippen LogP contribution is 2.38. The molecule has 5 amide bonds. The van der Waals surface area contributed by atoms with Gasteiger partial charge >= 0.3 is 18.0 Å². The van der Waals surface area contributed by atoms with E-state index in [-0.39, 0.29) is 37.0 Å². The number of urea groups is 2. The number of hydrogen-bond donors (Lipinski definition) is 4. The SMILES string of the molecule is COc1cc(CN2C(=O)N([C@@H](CN[C@H](C)CC(=O)O)CC3CC3)C(=O)C2(C)C)ccc1NC(=O)Nc1ccccc1C. The summed E-state index contributed by atoms with van der Waals surface area (Å²) in [4.78, 5) is 54.1. The molecule has 1 heterocycles. The lowest BCUT2D eigenvalue weighted by Crippen LogP contribution is -2.49. The van der Waals surface area contributed by atoms with E-state index in [2.05, 4.69) is 16.0 Å². The van der Waals surface area contributed by atoms with E-state index < -0.39 is 17.5 Å². The highest BCUT2D eigenvalue weighted by atomic mass is 16.5. The fourth-order valence-corrected chi connectivity index (χ4v) is 5.25. The number of carbonyl (C=O) groups excluding carboxylic acids is 3. The van der Waals surface area contributed by atoms with Crippen LogP contribution in [0.25, 0.3) is 0 Å². The summed E-state index contributed by atoms with van der Waals surface area (Å²) < 4.78 is 5.54. The maximum absolute atomic E-state index is 13.8. The summed E-state index contributed by atoms with van der Waals surface area (Å²) in [7, 11) is 1.50. The smallest absolute Gasteiger partial charge is 0.328 e. The molecule has 0 unspecified atom stereocenters. The molecule has 4 rings (SSSR count). The molecule has 0 radical (unpaired) electrons. The molecule has 226 valence electrons. The zero-order valence-electron chi connectivity index (χ0n) is 24.9. The zero-order chi connectivity index (χ0) is 30.6. The number of amides is 5. The van der Waals surface area contributed by atoms with Crippen LogP contribution in [0.3, 0.4) is 0 Å². The molecule has 1 aliphatic heterocycles. The number of aliphatic carboxylic acids is 1. The number of benzene rings is 2. The first-order valence-corrected chi connectivity index (χ1v) is 14.3. The van der Waals surface area contributed by atoms with Gasteiger partial charge in [0.2, 0.25) is 0 Å². The second-order valence-electron chi connectivity index (χ2n) is 11.8. The Morgan fingerprint density at radius 3 is 2.43 bits per heavy atom. The number of rotatable bonds is 13. The molecule has 2 aromatic rings. The Hall–Kier alpha value is -4.12. The second kappa shape index (κ2) is 12.8. The minimum absolute atomic E-state index is 0.0457. The molecule has 0 spiro atoms. The maximum Gasteiger partial charge on any atom is 0.328 e. The van der Waals surface area contributed by atoms with Gasteiger partial charge < -0.3 is 30.7 Å². The number of nitrogens with zero attached hydrogens (tertiary/aromatic N) is 2. The van der Waals surface area contributed by atoms with Crippen LogP contribution in [0.15, 0.2) is 42.5 Å². The van der Waals surface area contributed by atoms with Gasteiger partial charge in [-0.3, -0.25) is 14.5 Å². The maximum atomic E-state index is 13.8. The van der Waals surface area contributed by atoms with Gasteiger partial charge in [0.15, 0.2) is 0 Å². The summed E-state index contributed by atoms with van der Waals surface area (Å²) in [6.45, 7) is 7.67. The van der Waals surface area contributed by atoms with Crippen molar-refractivity contribution in [3.8, 4) is 5.75 Å². The van der Waals surface area contributed by atoms with Gasteiger partial charge in [-0.05, 0) is 69.4 Å². The van der Waals surface area contributed by atoms with Gasteiger partial charge in [0.25, 0.3) is 5.91 Å². The van der Waals surface area contributed by atoms with E-state index in [1.807, 2.05) is 31.2 Å². The number of hydrogen-bond acceptors (Lipinski definition) is 6. The summed E-state index contributed by atoms with van der Waals surface area (Å²) in [6.07, 6.45) is 2.77. The van der Waals surface area contributed by atoms with Crippen molar-refractivity contribution in [2.45, 2.75) is 77.5 Å². The topological polar surface area (TPSA) is 140 Å². The van der Waals surface area contributed by atoms with E-state index in [0.717, 1.165) is 24.0 Å². The van der Waals surface area contributed by atoms with Gasteiger partial charge in [0.05, 0.1) is 25.3 Å². The summed E-state index contributed by atoms with van der Waals surface area (Å²) in [5.41, 5.74) is 1.74. The van der Waals surface area contributed by atoms with Crippen LogP contribution in [0.4, 0.5) is 21.0 Å². The summed E-state index contributed by atoms with van der Waals surface area (Å²) in [5.74, 6) is -0.304. The normalized spacial score (nSPS) is 17.6. The molecule has 2 aliphatic rings. The van der Waals surface area contributed by atoms with Gasteiger partial charge in [0.1, 0.15) is 11.3 Å². The third kappa shape index (κ3) is 7.20. The highest BCUT2D eigenvalue weighted by Gasteiger charge is 2.53. The number of carboxylic acid groups (broad SMARTS) is 1. The van der Waals surface area contributed by atoms with Gasteiger partial charge in [-0.15, -0.1) is 0 Å². The van der Waals surface area contributed by atoms with Crippen LogP contribution in [-0.4, -0.2) is 70.1 Å². The number of methoxy groups -OCH3 is 1. The summed E-state index contributed by atoms with van der Waals surface area (Å²) in [6, 6.07) is 11.3. The standard InChI is InChI=1S/C31H41N5O6/c1-19-8-6-7-9-24(19)33-29(40)34-25-13-12-22(16-26(25)42-5)18-35-30(41)36(28(39)31(35,3)4)23(15-21-10-11-21)17-32-20(2)14-27(37)38/h6-9,12-13,16,20-21,23,32H,10-11,14-15,17-18H2,1-5H3,(H,37,38)(H2,33,34,40)/t20-,23-/m1/s1. The Kier molecular flexibility index (Phi) is 9.40. The lowest BCUT2D eigenvalue weighted by Gasteiger charge is -2.28. The van der Waals surface area contributed by atoms with Gasteiger partial charge in [0, 0.05) is 24.8 Å². The van der Waals surface area contributed by atoms with Crippen molar-refractivity contribution in [2.75, 3.05) is 24.3 Å². The van der Waals surface area contributed by atoms with Crippen molar-refractivity contribution >= 4 is 35.3 Å². The highest BCUT2D eigenvalue weighted by molar-refractivity contribution is 6.07. The molecule has 2 aromatic carbocycles. The number of carbonyl (C=O) groups is 4. The quantitative estimate of drug-likeness (QED) is 0.250. The Labute approximate surface area is 246 Å². The van der Waals surface area contributed by atoms with E-state index in [1.165, 1.54) is 12.0 Å². The van der Waals surface area contributed by atoms with Crippen molar-refractivity contribution in [2.24, 2.45) is 5.92 Å². The van der Waals surface area contributed by atoms with Crippen LogP contribution in [0.5, 0.6) is 5.75 Å². The van der Waals surface area contributed by atoms with Crippen LogP contribution in [0.2, 0.25) is 0 Å². The predicted molar refractivity (Wildman–Crippen MR) is 160 cm³/mol. The van der Waals surface area contributed by atoms with Crippen LogP contribution >= 0.6 is 0 Å². The molecule has 2 atom stereocenters. The van der Waals surface area contributed by atoms with E-state index >= 15 is 0 Å². The van der Waals surface area contributed by atoms with E-state index in [4.69, 9.17) is 9.84 Å². The van der Waals surface area contributed by atoms with Crippen molar-refractivity contribution in [3.05, 3.63) is 53.6 Å². The largest absolute Gasteiger partial charge is 0.495 e. The number of carboxylic acids is 1. The number of aryl methyl sites for hydroxylation is 1. The van der Waals surface area contributed by atoms with Crippen molar-refractivity contribution in [1.29, 1.82) is 0 Å². The van der Waals surface area contributed by atoms with Gasteiger partial charge in [-0.25, -0.2) is 9.59 Å². The number of ether oxygens (including phenoxy) is 1. The molecule has 1 saturated carbocycles. The van der Waals surface area contributed by atoms with Crippen molar-refractivity contribution in [1.82, 2.24) is 15.1 Å². The molecule has 4 N–H and O–H groups in total. The molecular weight excluding hydrogens is 538 g/mol. The Balaban J connectivity index is 1.48. The molecule has 1 saturated heterocycles. The van der Waals surface area contributed by atoms with E-state index in [9.17, 15) is 19.2 Å². The van der Waals surface area contributed by atoms with E-state index in [0.29, 0.717) is 36.0 Å². The third-order valence-corrected chi connectivity index (χ3v) is 7.95. The van der Waals surface area contributed by atoms with Crippen molar-refractivity contribution in [3.63, 3.8) is 0 Å². The molecule has 11 nitrogen and oxygen atoms in total. The molecule has 0 aromatic heterocycles. The number of para-hydroxylation sites is 1. The Morgan fingerprint density at radius 1 is 1.10 bits per heavy atom. The first-order chi connectivity index (χ1) is 19.9. The molecule has 42 heavy (non-hydrogen) atoms. The second-order valence-corrected chi connectivity index (χ2v) is 11.8. The fourth-order valence-electron chi connectivity index (χ4n) is 5.25. The molecule has 0 bridgehead atoms. The van der Waals surface area contributed by atoms with Gasteiger partial charge in [-0.1, -0.05) is 37.1 Å². The Morgan fingerprint density at radius 2 is 1.79 bits per heavy atom. The first kappa shape index (κ1) is 30.8. The van der Waals surface area contributed by atoms with E-state index in [1.54, 1.807) is 43.9 Å². The van der Waals surface area contributed by atoms with Crippen LogP contribution in [0.1, 0.15) is 57.6 Å². The minimum atomic E-state index is -1.08. The Bertz CT molecular complexity index is 1340. The number of imide groups is 1. The number of nitrogens with one attached hydrogen (secondary N) is 3. The summed E-state index contributed by atoms with van der Waals surface area (Å²) >= 11 is 0. The average Bonchev–Trinajstić information content (AvgIpc) is 3.73. The van der Waals surface area contributed by atoms with Crippen LogP contribution < -0.4 is 20.7 Å². The first-order valence-electron chi connectivity index (χ1n) is 14.3. The summed E-state index contributed by atoms with van der Waals surface area (Å²) in [5, 5.41) is 18.0. The number of anilines is 2. The fraction of sp³-hybridized carbons (Fsp3) is 0.484. The lowest BCUT2D eigenvalue weighted by atomic mass is 10.0. The van der Waals surface area contributed by atoms with Crippen LogP contribution in [0, 0.1) is 12.8 Å². The molecular formula is C31H41N5O6. The minimum Gasteiger partial charge on any atom is -0.495 e. The molecule has 11 heteroatoms. The molecule has 2 fully saturated rings. The third-order valence-electron chi connectivity index (χ3n) is 7.95. The predicted octanol–water partition coefficient (Wildman–Crippen LogP) is 4.81. The molecule has 1 aliphatic carbocycles. The van der Waals surface area contributed by atoms with Crippen LogP contribution in [-0.2, 0) is 16.1 Å². The monoisotopic (exact) mass is 579 g/mol. The zero-order valence-corrected chi connectivity index (χ0v) is 24.9.